The van der Waals surface area contributed by atoms with Crippen LogP contribution in [-0.4, -0.2) is 5.11 Å². The fourth-order valence-electron chi connectivity index (χ4n) is 1.73. The number of hydrogen-bond donors (Lipinski definition) is 1. The maximum absolute atomic E-state index is 13.1. The highest BCUT2D eigenvalue weighted by molar-refractivity contribution is 9.10. The zero-order chi connectivity index (χ0) is 14.0. The van der Waals surface area contributed by atoms with Crippen molar-refractivity contribution in [1.29, 1.82) is 0 Å². The van der Waals surface area contributed by atoms with Crippen LogP contribution in [0.15, 0.2) is 40.9 Å². The van der Waals surface area contributed by atoms with E-state index < -0.39 is 23.6 Å². The van der Waals surface area contributed by atoms with Crippen molar-refractivity contribution < 1.29 is 18.3 Å². The quantitative estimate of drug-likeness (QED) is 0.838. The minimum Gasteiger partial charge on any atom is -0.388 e. The van der Waals surface area contributed by atoms with Crippen molar-refractivity contribution in [2.45, 2.75) is 12.5 Å². The van der Waals surface area contributed by atoms with Crippen molar-refractivity contribution in [2.24, 2.45) is 0 Å². The summed E-state index contributed by atoms with van der Waals surface area (Å²) in [5.74, 6) is -4.13. The Hall–Kier alpha value is -1.33. The predicted octanol–water partition coefficient (Wildman–Crippen LogP) is 4.14. The van der Waals surface area contributed by atoms with Crippen LogP contribution in [0.2, 0.25) is 0 Å². The molecule has 0 fully saturated rings. The van der Waals surface area contributed by atoms with E-state index >= 15 is 0 Å². The van der Waals surface area contributed by atoms with E-state index in [2.05, 4.69) is 15.9 Å². The van der Waals surface area contributed by atoms with Gasteiger partial charge in [0.2, 0.25) is 0 Å². The first-order chi connectivity index (χ1) is 8.97. The summed E-state index contributed by atoms with van der Waals surface area (Å²) >= 11 is 3.28. The molecule has 2 rings (SSSR count). The molecule has 2 aromatic rings. The second-order valence-electron chi connectivity index (χ2n) is 4.14. The van der Waals surface area contributed by atoms with Crippen LogP contribution in [0.1, 0.15) is 17.2 Å². The molecule has 0 aromatic heterocycles. The number of rotatable bonds is 3. The molecular formula is C14H10BrF3O. The lowest BCUT2D eigenvalue weighted by molar-refractivity contribution is 0.177. The smallest absolute Gasteiger partial charge is 0.194 e. The van der Waals surface area contributed by atoms with E-state index in [1.54, 1.807) is 24.3 Å². The third kappa shape index (κ3) is 3.36. The van der Waals surface area contributed by atoms with E-state index in [4.69, 9.17) is 0 Å². The van der Waals surface area contributed by atoms with Gasteiger partial charge in [0.1, 0.15) is 0 Å². The van der Waals surface area contributed by atoms with Crippen LogP contribution in [-0.2, 0) is 6.42 Å². The summed E-state index contributed by atoms with van der Waals surface area (Å²) in [6.07, 6.45) is -0.900. The fourth-order valence-corrected chi connectivity index (χ4v) is 1.99. The molecule has 100 valence electrons. The summed E-state index contributed by atoms with van der Waals surface area (Å²) < 4.78 is 39.8. The van der Waals surface area contributed by atoms with Crippen LogP contribution in [0.25, 0.3) is 0 Å². The molecule has 1 nitrogen and oxygen atoms in total. The molecule has 0 amide bonds. The van der Waals surface area contributed by atoms with Crippen LogP contribution < -0.4 is 0 Å². The van der Waals surface area contributed by atoms with Gasteiger partial charge in [-0.2, -0.15) is 0 Å². The van der Waals surface area contributed by atoms with Crippen molar-refractivity contribution >= 4 is 15.9 Å². The highest BCUT2D eigenvalue weighted by Gasteiger charge is 2.16. The van der Waals surface area contributed by atoms with Crippen molar-refractivity contribution in [3.8, 4) is 0 Å². The van der Waals surface area contributed by atoms with E-state index in [-0.39, 0.29) is 12.0 Å². The van der Waals surface area contributed by atoms with E-state index in [1.807, 2.05) is 0 Å². The Balaban J connectivity index is 2.20. The monoisotopic (exact) mass is 330 g/mol. The first-order valence-corrected chi connectivity index (χ1v) is 6.33. The van der Waals surface area contributed by atoms with Gasteiger partial charge in [-0.1, -0.05) is 28.1 Å². The SMILES string of the molecule is OC(Cc1ccc(Br)cc1)c1cc(F)c(F)c(F)c1. The minimum atomic E-state index is -1.53. The molecule has 0 aliphatic rings. The van der Waals surface area contributed by atoms with Gasteiger partial charge in [-0.3, -0.25) is 0 Å². The molecule has 0 radical (unpaired) electrons. The molecule has 1 atom stereocenters. The Morgan fingerprint density at radius 3 is 2.05 bits per heavy atom. The molecule has 2 aromatic carbocycles. The van der Waals surface area contributed by atoms with Gasteiger partial charge in [-0.25, -0.2) is 13.2 Å². The lowest BCUT2D eigenvalue weighted by Crippen LogP contribution is -2.04. The molecule has 0 heterocycles. The van der Waals surface area contributed by atoms with Crippen LogP contribution in [0, 0.1) is 17.5 Å². The molecule has 19 heavy (non-hydrogen) atoms. The number of benzene rings is 2. The largest absolute Gasteiger partial charge is 0.388 e. The van der Waals surface area contributed by atoms with Crippen LogP contribution >= 0.6 is 15.9 Å². The third-order valence-electron chi connectivity index (χ3n) is 2.73. The van der Waals surface area contributed by atoms with Crippen LogP contribution in [0.4, 0.5) is 13.2 Å². The third-order valence-corrected chi connectivity index (χ3v) is 3.26. The van der Waals surface area contributed by atoms with Gasteiger partial charge >= 0.3 is 0 Å². The molecule has 0 saturated carbocycles. The highest BCUT2D eigenvalue weighted by atomic mass is 79.9. The lowest BCUT2D eigenvalue weighted by atomic mass is 10.0. The average Bonchev–Trinajstić information content (AvgIpc) is 2.38. The van der Waals surface area contributed by atoms with Gasteiger partial charge in [0.15, 0.2) is 17.5 Å². The standard InChI is InChI=1S/C14H10BrF3O/c15-10-3-1-8(2-4-10)5-13(19)9-6-11(16)14(18)12(17)7-9/h1-4,6-7,13,19H,5H2. The number of aliphatic hydroxyl groups excluding tert-OH is 1. The Bertz CT molecular complexity index is 561. The Morgan fingerprint density at radius 1 is 1.00 bits per heavy atom. The van der Waals surface area contributed by atoms with Gasteiger partial charge in [0, 0.05) is 10.9 Å². The molecule has 0 saturated heterocycles. The minimum absolute atomic E-state index is 0.0133. The number of hydrogen-bond acceptors (Lipinski definition) is 1. The molecule has 0 aliphatic heterocycles. The van der Waals surface area contributed by atoms with Crippen LogP contribution in [0.5, 0.6) is 0 Å². The summed E-state index contributed by atoms with van der Waals surface area (Å²) in [4.78, 5) is 0. The molecule has 0 aliphatic carbocycles. The normalized spacial score (nSPS) is 12.5. The van der Waals surface area contributed by atoms with E-state index in [1.165, 1.54) is 0 Å². The van der Waals surface area contributed by atoms with Crippen LogP contribution in [0.3, 0.4) is 0 Å². The summed E-state index contributed by atoms with van der Waals surface area (Å²) in [5.41, 5.74) is 0.820. The summed E-state index contributed by atoms with van der Waals surface area (Å²) in [7, 11) is 0. The molecular weight excluding hydrogens is 321 g/mol. The Morgan fingerprint density at radius 2 is 1.53 bits per heavy atom. The van der Waals surface area contributed by atoms with Gasteiger partial charge in [-0.15, -0.1) is 0 Å². The zero-order valence-electron chi connectivity index (χ0n) is 9.71. The second kappa shape index (κ2) is 5.75. The summed E-state index contributed by atoms with van der Waals surface area (Å²) in [6, 6.07) is 8.78. The lowest BCUT2D eigenvalue weighted by Gasteiger charge is -2.12. The average molecular weight is 331 g/mol. The first kappa shape index (κ1) is 14.1. The number of aliphatic hydroxyl groups is 1. The topological polar surface area (TPSA) is 20.2 Å². The summed E-state index contributed by atoms with van der Waals surface area (Å²) in [5, 5.41) is 9.92. The van der Waals surface area contributed by atoms with Gasteiger partial charge in [0.05, 0.1) is 6.10 Å². The van der Waals surface area contributed by atoms with Gasteiger partial charge in [0.25, 0.3) is 0 Å². The zero-order valence-corrected chi connectivity index (χ0v) is 11.3. The van der Waals surface area contributed by atoms with E-state index in [0.29, 0.717) is 0 Å². The molecule has 0 bridgehead atoms. The molecule has 1 unspecified atom stereocenters. The number of halogens is 4. The van der Waals surface area contributed by atoms with E-state index in [0.717, 1.165) is 22.2 Å². The summed E-state index contributed by atoms with van der Waals surface area (Å²) in [6.45, 7) is 0. The van der Waals surface area contributed by atoms with E-state index in [9.17, 15) is 18.3 Å². The van der Waals surface area contributed by atoms with Crippen molar-refractivity contribution in [3.05, 3.63) is 69.4 Å². The fraction of sp³-hybridized carbons (Fsp3) is 0.143. The van der Waals surface area contributed by atoms with Crippen molar-refractivity contribution in [1.82, 2.24) is 0 Å². The first-order valence-electron chi connectivity index (χ1n) is 5.54. The predicted molar refractivity (Wildman–Crippen MR) is 69.1 cm³/mol. The maximum Gasteiger partial charge on any atom is 0.194 e. The second-order valence-corrected chi connectivity index (χ2v) is 5.06. The Labute approximate surface area is 116 Å². The van der Waals surface area contributed by atoms with Gasteiger partial charge in [-0.05, 0) is 35.4 Å². The molecule has 0 spiro atoms. The van der Waals surface area contributed by atoms with Gasteiger partial charge < -0.3 is 5.11 Å². The highest BCUT2D eigenvalue weighted by Crippen LogP contribution is 2.23. The molecule has 1 N–H and O–H groups in total. The molecule has 5 heteroatoms. The Kier molecular flexibility index (Phi) is 4.27. The van der Waals surface area contributed by atoms with Crippen molar-refractivity contribution in [3.63, 3.8) is 0 Å². The maximum atomic E-state index is 13.1. The van der Waals surface area contributed by atoms with Crippen molar-refractivity contribution in [2.75, 3.05) is 0 Å².